The maximum absolute atomic E-state index is 12.5. The molecule has 1 aromatic rings. The highest BCUT2D eigenvalue weighted by Crippen LogP contribution is 2.17. The second-order valence-corrected chi connectivity index (χ2v) is 6.08. The van der Waals surface area contributed by atoms with Gasteiger partial charge in [-0.3, -0.25) is 9.48 Å². The molecular formula is C11H19N3O4S. The molecule has 0 radical (unpaired) electrons. The van der Waals surface area contributed by atoms with Crippen LogP contribution in [0.2, 0.25) is 0 Å². The molecule has 8 heteroatoms. The molecule has 0 saturated carbocycles. The lowest BCUT2D eigenvalue weighted by molar-refractivity contribution is -0.143. The monoisotopic (exact) mass is 289 g/mol. The van der Waals surface area contributed by atoms with Gasteiger partial charge in [0.1, 0.15) is 6.54 Å². The normalized spacial score (nSPS) is 12.1. The number of carbonyl (C=O) groups is 1. The van der Waals surface area contributed by atoms with Crippen LogP contribution in [0.25, 0.3) is 0 Å². The lowest BCUT2D eigenvalue weighted by Crippen LogP contribution is -2.41. The topological polar surface area (TPSA) is 81.5 Å². The summed E-state index contributed by atoms with van der Waals surface area (Å²) in [6, 6.07) is 1.04. The van der Waals surface area contributed by atoms with Gasteiger partial charge in [-0.25, -0.2) is 8.42 Å². The van der Waals surface area contributed by atoms with E-state index in [1.54, 1.807) is 20.8 Å². The van der Waals surface area contributed by atoms with E-state index in [1.165, 1.54) is 24.0 Å². The number of hydrogen-bond acceptors (Lipinski definition) is 5. The fourth-order valence-corrected chi connectivity index (χ4v) is 3.30. The van der Waals surface area contributed by atoms with Crippen molar-refractivity contribution in [1.82, 2.24) is 14.1 Å². The van der Waals surface area contributed by atoms with Gasteiger partial charge in [-0.15, -0.1) is 0 Å². The van der Waals surface area contributed by atoms with Gasteiger partial charge in [0, 0.05) is 13.1 Å². The van der Waals surface area contributed by atoms with Crippen LogP contribution in [0.1, 0.15) is 20.8 Å². The van der Waals surface area contributed by atoms with Crippen LogP contribution in [-0.4, -0.2) is 47.7 Å². The summed E-state index contributed by atoms with van der Waals surface area (Å²) in [6.45, 7) is 4.99. The zero-order valence-corrected chi connectivity index (χ0v) is 12.3. The quantitative estimate of drug-likeness (QED) is 0.707. The number of esters is 1. The minimum atomic E-state index is -3.77. The molecule has 0 atom stereocenters. The minimum absolute atomic E-state index is 0.0468. The van der Waals surface area contributed by atoms with Gasteiger partial charge >= 0.3 is 5.97 Å². The third kappa shape index (κ3) is 3.54. The molecule has 0 aliphatic carbocycles. The number of ether oxygens (including phenoxy) is 1. The van der Waals surface area contributed by atoms with Crippen molar-refractivity contribution in [3.8, 4) is 0 Å². The van der Waals surface area contributed by atoms with Crippen LogP contribution in [0, 0.1) is 0 Å². The van der Waals surface area contributed by atoms with E-state index in [-0.39, 0.29) is 24.2 Å². The van der Waals surface area contributed by atoms with E-state index in [0.29, 0.717) is 0 Å². The summed E-state index contributed by atoms with van der Waals surface area (Å²) in [5.74, 6) is -0.568. The predicted molar refractivity (Wildman–Crippen MR) is 68.9 cm³/mol. The number of aryl methyl sites for hydroxylation is 1. The van der Waals surface area contributed by atoms with Crippen molar-refractivity contribution in [1.29, 1.82) is 0 Å². The summed E-state index contributed by atoms with van der Waals surface area (Å²) >= 11 is 0. The third-order valence-electron chi connectivity index (χ3n) is 2.52. The summed E-state index contributed by atoms with van der Waals surface area (Å²) in [6.07, 6.45) is 1.40. The number of aromatic nitrogens is 2. The predicted octanol–water partition coefficient (Wildman–Crippen LogP) is 0.382. The second-order valence-electron chi connectivity index (χ2n) is 4.24. The van der Waals surface area contributed by atoms with Crippen molar-refractivity contribution in [2.45, 2.75) is 31.8 Å². The fourth-order valence-electron chi connectivity index (χ4n) is 1.61. The molecule has 19 heavy (non-hydrogen) atoms. The van der Waals surface area contributed by atoms with E-state index >= 15 is 0 Å². The molecule has 0 amide bonds. The summed E-state index contributed by atoms with van der Waals surface area (Å²) in [4.78, 5) is 11.5. The Kier molecular flexibility index (Phi) is 5.07. The molecule has 1 heterocycles. The van der Waals surface area contributed by atoms with Crippen molar-refractivity contribution >= 4 is 16.0 Å². The highest BCUT2D eigenvalue weighted by Gasteiger charge is 2.31. The van der Waals surface area contributed by atoms with E-state index in [9.17, 15) is 13.2 Å². The lowest BCUT2D eigenvalue weighted by atomic mass is 10.4. The van der Waals surface area contributed by atoms with Crippen molar-refractivity contribution in [2.75, 3.05) is 13.2 Å². The number of rotatable bonds is 6. The van der Waals surface area contributed by atoms with Gasteiger partial charge in [0.2, 0.25) is 0 Å². The van der Waals surface area contributed by atoms with Crippen molar-refractivity contribution in [2.24, 2.45) is 7.05 Å². The molecule has 0 N–H and O–H groups in total. The molecule has 0 unspecified atom stereocenters. The highest BCUT2D eigenvalue weighted by molar-refractivity contribution is 7.89. The van der Waals surface area contributed by atoms with Crippen LogP contribution in [0.4, 0.5) is 0 Å². The Hall–Kier alpha value is -1.41. The SMILES string of the molecule is CCOC(=O)CN(C(C)C)S(=O)(=O)c1ccnn1C. The average molecular weight is 289 g/mol. The molecule has 0 bridgehead atoms. The summed E-state index contributed by atoms with van der Waals surface area (Å²) in [5, 5.41) is 3.88. The second kappa shape index (κ2) is 6.16. The standard InChI is InChI=1S/C11H19N3O4S/c1-5-18-11(15)8-14(9(2)3)19(16,17)10-6-7-12-13(10)4/h6-7,9H,5,8H2,1-4H3. The van der Waals surface area contributed by atoms with E-state index in [4.69, 9.17) is 4.74 Å². The van der Waals surface area contributed by atoms with E-state index < -0.39 is 16.0 Å². The smallest absolute Gasteiger partial charge is 0.321 e. The maximum atomic E-state index is 12.5. The van der Waals surface area contributed by atoms with Crippen LogP contribution < -0.4 is 0 Å². The third-order valence-corrected chi connectivity index (χ3v) is 4.61. The summed E-state index contributed by atoms with van der Waals surface area (Å²) < 4.78 is 32.1. The van der Waals surface area contributed by atoms with Crippen LogP contribution in [0.15, 0.2) is 17.3 Å². The van der Waals surface area contributed by atoms with E-state index in [2.05, 4.69) is 5.10 Å². The van der Waals surface area contributed by atoms with Gasteiger partial charge in [-0.2, -0.15) is 9.40 Å². The Balaban J connectivity index is 3.06. The van der Waals surface area contributed by atoms with Crippen LogP contribution in [0.3, 0.4) is 0 Å². The Morgan fingerprint density at radius 3 is 2.58 bits per heavy atom. The first-order valence-electron chi connectivity index (χ1n) is 5.96. The first-order chi connectivity index (χ1) is 8.80. The Morgan fingerprint density at radius 1 is 1.53 bits per heavy atom. The summed E-state index contributed by atoms with van der Waals surface area (Å²) in [7, 11) is -2.23. The lowest BCUT2D eigenvalue weighted by Gasteiger charge is -2.24. The largest absolute Gasteiger partial charge is 0.465 e. The first kappa shape index (κ1) is 15.6. The molecular weight excluding hydrogens is 270 g/mol. The Bertz CT molecular complexity index is 536. The van der Waals surface area contributed by atoms with Gasteiger partial charge in [0.05, 0.1) is 12.8 Å². The number of hydrogen-bond donors (Lipinski definition) is 0. The van der Waals surface area contributed by atoms with Crippen LogP contribution in [-0.2, 0) is 26.6 Å². The number of nitrogens with zero attached hydrogens (tertiary/aromatic N) is 3. The molecule has 0 aliphatic rings. The average Bonchev–Trinajstić information content (AvgIpc) is 2.72. The van der Waals surface area contributed by atoms with Crippen molar-refractivity contribution in [3.63, 3.8) is 0 Å². The maximum Gasteiger partial charge on any atom is 0.321 e. The first-order valence-corrected chi connectivity index (χ1v) is 7.40. The Labute approximate surface area is 113 Å². The molecule has 0 spiro atoms. The summed E-state index contributed by atoms with van der Waals surface area (Å²) in [5.41, 5.74) is 0. The molecule has 108 valence electrons. The number of sulfonamides is 1. The van der Waals surface area contributed by atoms with Crippen molar-refractivity contribution in [3.05, 3.63) is 12.3 Å². The van der Waals surface area contributed by atoms with Crippen molar-refractivity contribution < 1.29 is 17.9 Å². The zero-order valence-electron chi connectivity index (χ0n) is 11.5. The van der Waals surface area contributed by atoms with E-state index in [0.717, 1.165) is 4.31 Å². The molecule has 0 aromatic carbocycles. The fraction of sp³-hybridized carbons (Fsp3) is 0.636. The zero-order chi connectivity index (χ0) is 14.6. The van der Waals surface area contributed by atoms with E-state index in [1.807, 2.05) is 0 Å². The molecule has 0 aliphatic heterocycles. The molecule has 0 fully saturated rings. The van der Waals surface area contributed by atoms with Gasteiger partial charge in [0.25, 0.3) is 10.0 Å². The minimum Gasteiger partial charge on any atom is -0.465 e. The van der Waals surface area contributed by atoms with Gasteiger partial charge in [0.15, 0.2) is 5.03 Å². The highest BCUT2D eigenvalue weighted by atomic mass is 32.2. The molecule has 1 aromatic heterocycles. The molecule has 0 saturated heterocycles. The van der Waals surface area contributed by atoms with Crippen LogP contribution >= 0.6 is 0 Å². The van der Waals surface area contributed by atoms with Gasteiger partial charge in [-0.1, -0.05) is 0 Å². The van der Waals surface area contributed by atoms with Gasteiger partial charge < -0.3 is 4.74 Å². The molecule has 1 rings (SSSR count). The number of carbonyl (C=O) groups excluding carboxylic acids is 1. The van der Waals surface area contributed by atoms with Gasteiger partial charge in [-0.05, 0) is 26.8 Å². The Morgan fingerprint density at radius 2 is 2.16 bits per heavy atom. The van der Waals surface area contributed by atoms with Crippen LogP contribution in [0.5, 0.6) is 0 Å². The molecule has 7 nitrogen and oxygen atoms in total.